The molecule has 1 N–H and O–H groups in total. The highest BCUT2D eigenvalue weighted by molar-refractivity contribution is 6.40. The monoisotopic (exact) mass is 222 g/mol. The van der Waals surface area contributed by atoms with Crippen LogP contribution in [-0.4, -0.2) is 22.0 Å². The van der Waals surface area contributed by atoms with Crippen LogP contribution in [0.1, 0.15) is 24.5 Å². The van der Waals surface area contributed by atoms with Crippen molar-refractivity contribution in [3.8, 4) is 0 Å². The number of imidazole rings is 1. The van der Waals surface area contributed by atoms with E-state index in [1.165, 1.54) is 0 Å². The summed E-state index contributed by atoms with van der Waals surface area (Å²) in [6.45, 7) is 3.48. The summed E-state index contributed by atoms with van der Waals surface area (Å²) in [5.74, 6) is -0.549. The van der Waals surface area contributed by atoms with Gasteiger partial charge in [-0.05, 0) is 13.8 Å². The number of carbonyl (C=O) groups is 1. The molecule has 0 aliphatic carbocycles. The smallest absolute Gasteiger partial charge is 0.374 e. The quantitative estimate of drug-likeness (QED) is 0.782. The molecule has 1 heterocycles. The average Bonchev–Trinajstić information content (AvgIpc) is 2.31. The topological polar surface area (TPSA) is 55.0 Å². The summed E-state index contributed by atoms with van der Waals surface area (Å²) in [6, 6.07) is 0. The highest BCUT2D eigenvalue weighted by atomic mass is 35.5. The van der Waals surface area contributed by atoms with Gasteiger partial charge in [0.2, 0.25) is 5.82 Å². The normalized spacial score (nSPS) is 10.5. The van der Waals surface area contributed by atoms with Gasteiger partial charge in [-0.25, -0.2) is 9.78 Å². The molecule has 0 saturated carbocycles. The SMILES string of the molecule is CC(C)OC(=O)c1nc(Cl)c(Cl)[nH]1. The predicted molar refractivity (Wildman–Crippen MR) is 49.2 cm³/mol. The van der Waals surface area contributed by atoms with E-state index in [0.29, 0.717) is 0 Å². The first-order chi connectivity index (χ1) is 6.00. The van der Waals surface area contributed by atoms with Gasteiger partial charge < -0.3 is 9.72 Å². The molecule has 0 fully saturated rings. The Bertz CT molecular complexity index is 303. The van der Waals surface area contributed by atoms with E-state index in [4.69, 9.17) is 27.9 Å². The number of ether oxygens (including phenoxy) is 1. The Kier molecular flexibility index (Phi) is 3.17. The van der Waals surface area contributed by atoms with E-state index >= 15 is 0 Å². The molecular weight excluding hydrogens is 215 g/mol. The van der Waals surface area contributed by atoms with Gasteiger partial charge in [0.05, 0.1) is 6.10 Å². The molecule has 72 valence electrons. The second-order valence-electron chi connectivity index (χ2n) is 2.64. The standard InChI is InChI=1S/C7H8Cl2N2O2/c1-3(2)13-7(12)6-10-4(8)5(9)11-6/h3H,1-2H3,(H,10,11). The number of hydrogen-bond acceptors (Lipinski definition) is 3. The zero-order chi connectivity index (χ0) is 10.0. The molecule has 1 rings (SSSR count). The van der Waals surface area contributed by atoms with Gasteiger partial charge in [-0.15, -0.1) is 0 Å². The largest absolute Gasteiger partial charge is 0.457 e. The van der Waals surface area contributed by atoms with Crippen molar-refractivity contribution < 1.29 is 9.53 Å². The second kappa shape index (κ2) is 3.98. The number of halogens is 2. The lowest BCUT2D eigenvalue weighted by molar-refractivity contribution is 0.0364. The van der Waals surface area contributed by atoms with Crippen LogP contribution < -0.4 is 0 Å². The van der Waals surface area contributed by atoms with Crippen molar-refractivity contribution in [2.75, 3.05) is 0 Å². The van der Waals surface area contributed by atoms with Crippen LogP contribution >= 0.6 is 23.2 Å². The Morgan fingerprint density at radius 3 is 2.54 bits per heavy atom. The maximum absolute atomic E-state index is 11.2. The first kappa shape index (κ1) is 10.3. The molecule has 1 aromatic rings. The molecule has 0 aliphatic heterocycles. The summed E-state index contributed by atoms with van der Waals surface area (Å²) >= 11 is 11.1. The van der Waals surface area contributed by atoms with Crippen molar-refractivity contribution in [3.05, 3.63) is 16.1 Å². The lowest BCUT2D eigenvalue weighted by Gasteiger charge is -2.04. The van der Waals surface area contributed by atoms with Gasteiger partial charge in [-0.2, -0.15) is 0 Å². The van der Waals surface area contributed by atoms with Crippen LogP contribution in [0.3, 0.4) is 0 Å². The van der Waals surface area contributed by atoms with Crippen LogP contribution in [0.5, 0.6) is 0 Å². The van der Waals surface area contributed by atoms with Crippen molar-refractivity contribution >= 4 is 29.2 Å². The first-order valence-electron chi connectivity index (χ1n) is 3.62. The predicted octanol–water partition coefficient (Wildman–Crippen LogP) is 2.28. The number of carbonyl (C=O) groups excluding carboxylic acids is 1. The molecule has 0 amide bonds. The minimum absolute atomic E-state index is 0.0173. The van der Waals surface area contributed by atoms with Crippen molar-refractivity contribution in [3.63, 3.8) is 0 Å². The Morgan fingerprint density at radius 1 is 1.54 bits per heavy atom. The van der Waals surface area contributed by atoms with Crippen LogP contribution in [0.2, 0.25) is 10.3 Å². The van der Waals surface area contributed by atoms with Crippen LogP contribution in [-0.2, 0) is 4.74 Å². The number of H-pyrrole nitrogens is 1. The van der Waals surface area contributed by atoms with Gasteiger partial charge in [0.1, 0.15) is 5.15 Å². The molecule has 0 spiro atoms. The molecule has 13 heavy (non-hydrogen) atoms. The summed E-state index contributed by atoms with van der Waals surface area (Å²) < 4.78 is 4.85. The van der Waals surface area contributed by atoms with E-state index in [0.717, 1.165) is 0 Å². The highest BCUT2D eigenvalue weighted by Gasteiger charge is 2.15. The van der Waals surface area contributed by atoms with Crippen LogP contribution in [0.25, 0.3) is 0 Å². The van der Waals surface area contributed by atoms with Gasteiger partial charge in [-0.3, -0.25) is 0 Å². The molecule has 6 heteroatoms. The number of rotatable bonds is 2. The zero-order valence-corrected chi connectivity index (χ0v) is 8.61. The third-order valence-corrected chi connectivity index (χ3v) is 1.80. The number of esters is 1. The molecule has 0 unspecified atom stereocenters. The minimum atomic E-state index is -0.566. The third kappa shape index (κ3) is 2.60. The van der Waals surface area contributed by atoms with Gasteiger partial charge in [0.15, 0.2) is 5.15 Å². The van der Waals surface area contributed by atoms with Crippen LogP contribution in [0.15, 0.2) is 0 Å². The number of aromatic amines is 1. The van der Waals surface area contributed by atoms with Crippen molar-refractivity contribution in [2.24, 2.45) is 0 Å². The Labute approximate surface area is 85.2 Å². The highest BCUT2D eigenvalue weighted by Crippen LogP contribution is 2.18. The molecule has 0 bridgehead atoms. The summed E-state index contributed by atoms with van der Waals surface area (Å²) in [7, 11) is 0. The fourth-order valence-corrected chi connectivity index (χ4v) is 0.961. The number of nitrogens with zero attached hydrogens (tertiary/aromatic N) is 1. The number of aromatic nitrogens is 2. The molecule has 4 nitrogen and oxygen atoms in total. The second-order valence-corrected chi connectivity index (χ2v) is 3.38. The lowest BCUT2D eigenvalue weighted by atomic mass is 10.5. The fraction of sp³-hybridized carbons (Fsp3) is 0.429. The van der Waals surface area contributed by atoms with Crippen molar-refractivity contribution in [1.29, 1.82) is 0 Å². The van der Waals surface area contributed by atoms with Crippen LogP contribution in [0.4, 0.5) is 0 Å². The van der Waals surface area contributed by atoms with E-state index < -0.39 is 5.97 Å². The maximum Gasteiger partial charge on any atom is 0.374 e. The molecule has 0 aliphatic rings. The van der Waals surface area contributed by atoms with E-state index in [2.05, 4.69) is 9.97 Å². The fourth-order valence-electron chi connectivity index (χ4n) is 0.697. The first-order valence-corrected chi connectivity index (χ1v) is 4.38. The average molecular weight is 223 g/mol. The van der Waals surface area contributed by atoms with Crippen molar-refractivity contribution in [1.82, 2.24) is 9.97 Å². The lowest BCUT2D eigenvalue weighted by Crippen LogP contribution is -2.12. The Hall–Kier alpha value is -0.740. The summed E-state index contributed by atoms with van der Waals surface area (Å²) in [6.07, 6.45) is -0.199. The Balaban J connectivity index is 2.77. The summed E-state index contributed by atoms with van der Waals surface area (Å²) in [4.78, 5) is 17.4. The van der Waals surface area contributed by atoms with E-state index in [9.17, 15) is 4.79 Å². The van der Waals surface area contributed by atoms with E-state index in [1.807, 2.05) is 0 Å². The molecule has 0 saturated heterocycles. The zero-order valence-electron chi connectivity index (χ0n) is 7.10. The van der Waals surface area contributed by atoms with E-state index in [1.54, 1.807) is 13.8 Å². The minimum Gasteiger partial charge on any atom is -0.457 e. The molecule has 0 atom stereocenters. The summed E-state index contributed by atoms with van der Waals surface area (Å²) in [5, 5.41) is 0.203. The van der Waals surface area contributed by atoms with Gasteiger partial charge in [0.25, 0.3) is 0 Å². The summed E-state index contributed by atoms with van der Waals surface area (Å²) in [5.41, 5.74) is 0. The van der Waals surface area contributed by atoms with Gasteiger partial charge in [0, 0.05) is 0 Å². The number of nitrogens with one attached hydrogen (secondary N) is 1. The van der Waals surface area contributed by atoms with Crippen LogP contribution in [0, 0.1) is 0 Å². The molecule has 1 aromatic heterocycles. The number of hydrogen-bond donors (Lipinski definition) is 1. The van der Waals surface area contributed by atoms with Crippen molar-refractivity contribution in [2.45, 2.75) is 20.0 Å². The van der Waals surface area contributed by atoms with Gasteiger partial charge in [-0.1, -0.05) is 23.2 Å². The third-order valence-electron chi connectivity index (χ3n) is 1.16. The molecule has 0 radical (unpaired) electrons. The molecular formula is C7H8Cl2N2O2. The Morgan fingerprint density at radius 2 is 2.15 bits per heavy atom. The maximum atomic E-state index is 11.2. The van der Waals surface area contributed by atoms with E-state index in [-0.39, 0.29) is 22.2 Å². The van der Waals surface area contributed by atoms with Gasteiger partial charge >= 0.3 is 5.97 Å². The molecule has 0 aromatic carbocycles.